The Morgan fingerprint density at radius 1 is 1.71 bits per heavy atom. The van der Waals surface area contributed by atoms with Gasteiger partial charge in [-0.25, -0.2) is 0 Å². The van der Waals surface area contributed by atoms with Gasteiger partial charge in [0.05, 0.1) is 18.0 Å². The van der Waals surface area contributed by atoms with Crippen molar-refractivity contribution in [2.75, 3.05) is 7.05 Å². The van der Waals surface area contributed by atoms with Crippen LogP contribution in [-0.2, 0) is 4.79 Å². The van der Waals surface area contributed by atoms with E-state index in [-0.39, 0.29) is 11.9 Å². The first-order valence-electron chi connectivity index (χ1n) is 6.34. The van der Waals surface area contributed by atoms with Crippen molar-refractivity contribution in [2.24, 2.45) is 11.7 Å². The topological polar surface area (TPSA) is 70.1 Å². The number of hydrogen-bond donors (Lipinski definition) is 1. The van der Waals surface area contributed by atoms with Crippen molar-refractivity contribution in [3.05, 3.63) is 0 Å². The fourth-order valence-electron chi connectivity index (χ4n) is 2.61. The lowest BCUT2D eigenvalue weighted by Crippen LogP contribution is -2.58. The van der Waals surface area contributed by atoms with Gasteiger partial charge < -0.3 is 10.6 Å². The van der Waals surface area contributed by atoms with Gasteiger partial charge in [-0.2, -0.15) is 5.26 Å². The molecule has 17 heavy (non-hydrogen) atoms. The van der Waals surface area contributed by atoms with Crippen molar-refractivity contribution >= 4 is 5.91 Å². The van der Waals surface area contributed by atoms with Crippen LogP contribution in [0.15, 0.2) is 0 Å². The summed E-state index contributed by atoms with van der Waals surface area (Å²) >= 11 is 0. The van der Waals surface area contributed by atoms with Gasteiger partial charge in [-0.15, -0.1) is 0 Å². The monoisotopic (exact) mass is 237 g/mol. The number of hydrogen-bond acceptors (Lipinski definition) is 3. The molecule has 1 fully saturated rings. The molecule has 0 aromatic heterocycles. The minimum Gasteiger partial charge on any atom is -0.340 e. The van der Waals surface area contributed by atoms with Crippen LogP contribution in [0.1, 0.15) is 46.0 Å². The standard InChI is InChI=1S/C13H23N3O/c1-10-5-4-7-13(15,9-10)12(17)16(3)11(2)6-8-14/h10-11H,4-7,9,15H2,1-3H3. The number of carbonyl (C=O) groups excluding carboxylic acids is 1. The first-order chi connectivity index (χ1) is 7.90. The summed E-state index contributed by atoms with van der Waals surface area (Å²) in [4.78, 5) is 14.0. The molecule has 1 rings (SSSR count). The van der Waals surface area contributed by atoms with Crippen LogP contribution >= 0.6 is 0 Å². The molecule has 4 heteroatoms. The maximum Gasteiger partial charge on any atom is 0.242 e. The molecule has 0 heterocycles. The van der Waals surface area contributed by atoms with Crippen LogP contribution < -0.4 is 5.73 Å². The zero-order chi connectivity index (χ0) is 13.1. The number of nitrogens with zero attached hydrogens (tertiary/aromatic N) is 2. The Labute approximate surface area is 104 Å². The normalized spacial score (nSPS) is 30.4. The van der Waals surface area contributed by atoms with Crippen molar-refractivity contribution in [2.45, 2.75) is 57.5 Å². The quantitative estimate of drug-likeness (QED) is 0.811. The molecule has 0 radical (unpaired) electrons. The molecule has 2 N–H and O–H groups in total. The van der Waals surface area contributed by atoms with E-state index in [1.54, 1.807) is 11.9 Å². The maximum absolute atomic E-state index is 12.4. The van der Waals surface area contributed by atoms with E-state index in [0.717, 1.165) is 25.7 Å². The highest BCUT2D eigenvalue weighted by molar-refractivity contribution is 5.86. The molecule has 0 aromatic carbocycles. The summed E-state index contributed by atoms with van der Waals surface area (Å²) in [5.41, 5.74) is 5.54. The summed E-state index contributed by atoms with van der Waals surface area (Å²) in [5, 5.41) is 8.66. The molecule has 3 unspecified atom stereocenters. The van der Waals surface area contributed by atoms with E-state index in [0.29, 0.717) is 12.3 Å². The Bertz CT molecular complexity index is 323. The highest BCUT2D eigenvalue weighted by atomic mass is 16.2. The van der Waals surface area contributed by atoms with Crippen LogP contribution in [0.4, 0.5) is 0 Å². The lowest BCUT2D eigenvalue weighted by atomic mass is 9.76. The van der Waals surface area contributed by atoms with Crippen molar-refractivity contribution in [1.82, 2.24) is 4.90 Å². The predicted octanol–water partition coefficient (Wildman–Crippen LogP) is 1.65. The molecular formula is C13H23N3O. The summed E-state index contributed by atoms with van der Waals surface area (Å²) < 4.78 is 0. The van der Waals surface area contributed by atoms with Crippen LogP contribution in [0, 0.1) is 17.2 Å². The Hall–Kier alpha value is -1.08. The van der Waals surface area contributed by atoms with Crippen molar-refractivity contribution in [1.29, 1.82) is 5.26 Å². The molecule has 1 aliphatic rings. The van der Waals surface area contributed by atoms with Gasteiger partial charge >= 0.3 is 0 Å². The van der Waals surface area contributed by atoms with E-state index < -0.39 is 5.54 Å². The Morgan fingerprint density at radius 3 is 2.88 bits per heavy atom. The van der Waals surface area contributed by atoms with Gasteiger partial charge in [0.25, 0.3) is 0 Å². The first-order valence-corrected chi connectivity index (χ1v) is 6.34. The van der Waals surface area contributed by atoms with E-state index in [1.807, 2.05) is 6.92 Å². The minimum absolute atomic E-state index is 0.00759. The molecule has 0 bridgehead atoms. The second-order valence-corrected chi connectivity index (χ2v) is 5.48. The number of carbonyl (C=O) groups is 1. The summed E-state index contributed by atoms with van der Waals surface area (Å²) in [7, 11) is 1.75. The molecule has 0 aromatic rings. The Kier molecular flexibility index (Phi) is 4.53. The van der Waals surface area contributed by atoms with Gasteiger partial charge in [0.1, 0.15) is 0 Å². The summed E-state index contributed by atoms with van der Waals surface area (Å²) in [6.07, 6.45) is 4.05. The maximum atomic E-state index is 12.4. The van der Waals surface area contributed by atoms with E-state index in [4.69, 9.17) is 11.0 Å². The van der Waals surface area contributed by atoms with E-state index in [9.17, 15) is 4.79 Å². The lowest BCUT2D eigenvalue weighted by Gasteiger charge is -2.39. The zero-order valence-electron chi connectivity index (χ0n) is 11.1. The molecule has 0 spiro atoms. The minimum atomic E-state index is -0.712. The van der Waals surface area contributed by atoms with Crippen LogP contribution in [0.3, 0.4) is 0 Å². The smallest absolute Gasteiger partial charge is 0.242 e. The number of rotatable bonds is 3. The number of nitriles is 1. The third-order valence-electron chi connectivity index (χ3n) is 3.83. The van der Waals surface area contributed by atoms with Crippen molar-refractivity contribution in [3.63, 3.8) is 0 Å². The van der Waals surface area contributed by atoms with E-state index in [2.05, 4.69) is 13.0 Å². The lowest BCUT2D eigenvalue weighted by molar-refractivity contribution is -0.139. The van der Waals surface area contributed by atoms with E-state index >= 15 is 0 Å². The van der Waals surface area contributed by atoms with Gasteiger partial charge in [-0.1, -0.05) is 19.8 Å². The van der Waals surface area contributed by atoms with Gasteiger partial charge in [0.2, 0.25) is 5.91 Å². The van der Waals surface area contributed by atoms with E-state index in [1.165, 1.54) is 0 Å². The third kappa shape index (κ3) is 3.19. The van der Waals surface area contributed by atoms with Gasteiger partial charge in [-0.05, 0) is 25.7 Å². The number of likely N-dealkylation sites (N-methyl/N-ethyl adjacent to an activating group) is 1. The summed E-state index contributed by atoms with van der Waals surface area (Å²) in [5.74, 6) is 0.504. The average molecular weight is 237 g/mol. The SMILES string of the molecule is CC1CCCC(N)(C(=O)N(C)C(C)CC#N)C1. The first kappa shape index (κ1) is 14.0. The molecular weight excluding hydrogens is 214 g/mol. The summed E-state index contributed by atoms with van der Waals surface area (Å²) in [6.45, 7) is 4.03. The predicted molar refractivity (Wildman–Crippen MR) is 67.0 cm³/mol. The molecule has 1 amide bonds. The van der Waals surface area contributed by atoms with Gasteiger partial charge in [0.15, 0.2) is 0 Å². The second kappa shape index (κ2) is 5.50. The highest BCUT2D eigenvalue weighted by Gasteiger charge is 2.40. The van der Waals surface area contributed by atoms with Crippen LogP contribution in [0.5, 0.6) is 0 Å². The van der Waals surface area contributed by atoms with Crippen molar-refractivity contribution in [3.8, 4) is 6.07 Å². The largest absolute Gasteiger partial charge is 0.340 e. The zero-order valence-corrected chi connectivity index (χ0v) is 11.1. The number of amides is 1. The molecule has 4 nitrogen and oxygen atoms in total. The fourth-order valence-corrected chi connectivity index (χ4v) is 2.61. The second-order valence-electron chi connectivity index (χ2n) is 5.48. The third-order valence-corrected chi connectivity index (χ3v) is 3.83. The molecule has 1 saturated carbocycles. The van der Waals surface area contributed by atoms with Crippen LogP contribution in [-0.4, -0.2) is 29.4 Å². The highest BCUT2D eigenvalue weighted by Crippen LogP contribution is 2.32. The molecule has 0 saturated heterocycles. The summed E-state index contributed by atoms with van der Waals surface area (Å²) in [6, 6.07) is 2.03. The van der Waals surface area contributed by atoms with Crippen LogP contribution in [0.25, 0.3) is 0 Å². The Morgan fingerprint density at radius 2 is 2.35 bits per heavy atom. The molecule has 1 aliphatic carbocycles. The molecule has 0 aliphatic heterocycles. The van der Waals surface area contributed by atoms with Crippen molar-refractivity contribution < 1.29 is 4.79 Å². The number of nitrogens with two attached hydrogens (primary N) is 1. The van der Waals surface area contributed by atoms with Gasteiger partial charge in [-0.3, -0.25) is 4.79 Å². The molecule has 96 valence electrons. The fraction of sp³-hybridized carbons (Fsp3) is 0.846. The molecule has 3 atom stereocenters. The average Bonchev–Trinajstić information content (AvgIpc) is 2.27. The van der Waals surface area contributed by atoms with Gasteiger partial charge in [0, 0.05) is 13.1 Å². The van der Waals surface area contributed by atoms with Crippen LogP contribution in [0.2, 0.25) is 0 Å². The Balaban J connectivity index is 2.71.